The van der Waals surface area contributed by atoms with Gasteiger partial charge in [0.2, 0.25) is 0 Å². The summed E-state index contributed by atoms with van der Waals surface area (Å²) in [6, 6.07) is 15.3. The van der Waals surface area contributed by atoms with Crippen LogP contribution in [0.25, 0.3) is 27.7 Å². The summed E-state index contributed by atoms with van der Waals surface area (Å²) in [5.74, 6) is 0. The molecule has 0 bridgehead atoms. The van der Waals surface area contributed by atoms with Gasteiger partial charge >= 0.3 is 5.63 Å². The smallest absolute Gasteiger partial charge is 0.360 e. The monoisotopic (exact) mass is 276 g/mol. The summed E-state index contributed by atoms with van der Waals surface area (Å²) in [4.78, 5) is 16.6. The first-order chi connectivity index (χ1) is 10.2. The van der Waals surface area contributed by atoms with Gasteiger partial charge in [0, 0.05) is 5.39 Å². The summed E-state index contributed by atoms with van der Waals surface area (Å²) < 4.78 is 7.18. The Hall–Kier alpha value is -2.88. The summed E-state index contributed by atoms with van der Waals surface area (Å²) in [6.45, 7) is 2.01. The van der Waals surface area contributed by atoms with Crippen molar-refractivity contribution in [2.75, 3.05) is 0 Å². The van der Waals surface area contributed by atoms with Gasteiger partial charge in [0.1, 0.15) is 17.6 Å². The van der Waals surface area contributed by atoms with E-state index in [4.69, 9.17) is 4.42 Å². The van der Waals surface area contributed by atoms with Crippen molar-refractivity contribution in [2.24, 2.45) is 0 Å². The second-order valence-corrected chi connectivity index (χ2v) is 5.06. The van der Waals surface area contributed by atoms with Crippen LogP contribution in [0.15, 0.2) is 64.1 Å². The zero-order valence-corrected chi connectivity index (χ0v) is 11.4. The molecule has 0 aliphatic rings. The predicted octanol–water partition coefficient (Wildman–Crippen LogP) is 3.44. The second kappa shape index (κ2) is 4.31. The zero-order valence-electron chi connectivity index (χ0n) is 11.4. The molecule has 2 heterocycles. The molecule has 4 heteroatoms. The highest BCUT2D eigenvalue weighted by Gasteiger charge is 2.10. The van der Waals surface area contributed by atoms with E-state index in [0.717, 1.165) is 22.0 Å². The highest BCUT2D eigenvalue weighted by molar-refractivity contribution is 5.81. The minimum absolute atomic E-state index is 0.366. The maximum atomic E-state index is 12.2. The molecule has 0 unspecified atom stereocenters. The Morgan fingerprint density at radius 1 is 1.10 bits per heavy atom. The van der Waals surface area contributed by atoms with Crippen molar-refractivity contribution >= 4 is 22.0 Å². The van der Waals surface area contributed by atoms with Crippen molar-refractivity contribution in [2.45, 2.75) is 6.92 Å². The molecular weight excluding hydrogens is 264 g/mol. The van der Waals surface area contributed by atoms with Crippen molar-refractivity contribution in [1.82, 2.24) is 9.55 Å². The average Bonchev–Trinajstić information content (AvgIpc) is 2.91. The van der Waals surface area contributed by atoms with Crippen molar-refractivity contribution in [3.8, 4) is 5.69 Å². The highest BCUT2D eigenvalue weighted by atomic mass is 16.4. The van der Waals surface area contributed by atoms with E-state index < -0.39 is 0 Å². The number of aromatic nitrogens is 2. The van der Waals surface area contributed by atoms with Gasteiger partial charge in [-0.3, -0.25) is 4.57 Å². The predicted molar refractivity (Wildman–Crippen MR) is 81.8 cm³/mol. The van der Waals surface area contributed by atoms with Crippen LogP contribution >= 0.6 is 0 Å². The van der Waals surface area contributed by atoms with Crippen LogP contribution in [0.1, 0.15) is 5.56 Å². The van der Waals surface area contributed by atoms with Crippen LogP contribution in [0.2, 0.25) is 0 Å². The summed E-state index contributed by atoms with van der Waals surface area (Å²) >= 11 is 0. The summed E-state index contributed by atoms with van der Waals surface area (Å²) in [7, 11) is 0. The zero-order chi connectivity index (χ0) is 14.4. The van der Waals surface area contributed by atoms with Crippen LogP contribution in [-0.2, 0) is 0 Å². The summed E-state index contributed by atoms with van der Waals surface area (Å²) in [5.41, 5.74) is 3.56. The number of imidazole rings is 1. The van der Waals surface area contributed by atoms with Gasteiger partial charge in [0.25, 0.3) is 0 Å². The third-order valence-corrected chi connectivity index (χ3v) is 3.58. The first-order valence-corrected chi connectivity index (χ1v) is 6.69. The Balaban J connectivity index is 2.05. The van der Waals surface area contributed by atoms with Crippen molar-refractivity contribution in [3.63, 3.8) is 0 Å². The van der Waals surface area contributed by atoms with E-state index in [1.165, 1.54) is 0 Å². The molecular formula is C17H12N2O2. The molecule has 0 atom stereocenters. The maximum absolute atomic E-state index is 12.2. The lowest BCUT2D eigenvalue weighted by molar-refractivity contribution is 0.556. The summed E-state index contributed by atoms with van der Waals surface area (Å²) in [6.07, 6.45) is 1.65. The molecule has 0 aliphatic carbocycles. The van der Waals surface area contributed by atoms with Gasteiger partial charge < -0.3 is 4.42 Å². The van der Waals surface area contributed by atoms with Crippen LogP contribution < -0.4 is 5.63 Å². The van der Waals surface area contributed by atoms with E-state index in [-0.39, 0.29) is 5.63 Å². The fourth-order valence-corrected chi connectivity index (χ4v) is 2.55. The second-order valence-electron chi connectivity index (χ2n) is 5.06. The number of rotatable bonds is 1. The lowest BCUT2D eigenvalue weighted by atomic mass is 10.1. The average molecular weight is 276 g/mol. The SMILES string of the molecule is Cc1ccc2oc(=O)c(-n3cnc4ccccc43)cc2c1. The fourth-order valence-electron chi connectivity index (χ4n) is 2.55. The van der Waals surface area contributed by atoms with Crippen molar-refractivity contribution in [3.05, 3.63) is 70.8 Å². The largest absolute Gasteiger partial charge is 0.421 e. The summed E-state index contributed by atoms with van der Waals surface area (Å²) in [5, 5.41) is 0.905. The molecule has 4 nitrogen and oxygen atoms in total. The van der Waals surface area contributed by atoms with Gasteiger partial charge in [-0.05, 0) is 37.3 Å². The molecule has 4 aromatic rings. The molecule has 0 radical (unpaired) electrons. The molecule has 0 saturated heterocycles. The van der Waals surface area contributed by atoms with E-state index in [1.807, 2.05) is 55.5 Å². The number of hydrogen-bond acceptors (Lipinski definition) is 3. The minimum atomic E-state index is -0.366. The lowest BCUT2D eigenvalue weighted by Crippen LogP contribution is -2.09. The van der Waals surface area contributed by atoms with Crippen molar-refractivity contribution in [1.29, 1.82) is 0 Å². The molecule has 0 aliphatic heterocycles. The molecule has 0 saturated carbocycles. The van der Waals surface area contributed by atoms with Crippen LogP contribution in [0.4, 0.5) is 0 Å². The Bertz CT molecular complexity index is 1030. The standard InChI is InChI=1S/C17H12N2O2/c1-11-6-7-16-12(8-11)9-15(17(20)21-16)19-10-18-13-4-2-3-5-14(13)19/h2-10H,1H3. The van der Waals surface area contributed by atoms with Gasteiger partial charge in [-0.1, -0.05) is 23.8 Å². The Morgan fingerprint density at radius 2 is 1.95 bits per heavy atom. The van der Waals surface area contributed by atoms with E-state index in [2.05, 4.69) is 4.98 Å². The molecule has 4 rings (SSSR count). The number of fused-ring (bicyclic) bond motifs is 2. The third-order valence-electron chi connectivity index (χ3n) is 3.58. The van der Waals surface area contributed by atoms with Crippen LogP contribution in [0.5, 0.6) is 0 Å². The van der Waals surface area contributed by atoms with Gasteiger partial charge in [-0.15, -0.1) is 0 Å². The number of nitrogens with zero attached hydrogens (tertiary/aromatic N) is 2. The van der Waals surface area contributed by atoms with Gasteiger partial charge in [0.05, 0.1) is 11.0 Å². The lowest BCUT2D eigenvalue weighted by Gasteiger charge is -2.05. The molecule has 2 aromatic heterocycles. The van der Waals surface area contributed by atoms with E-state index in [0.29, 0.717) is 11.3 Å². The molecule has 2 aromatic carbocycles. The number of aryl methyl sites for hydroxylation is 1. The Labute approximate surface area is 120 Å². The van der Waals surface area contributed by atoms with Gasteiger partial charge in [-0.2, -0.15) is 0 Å². The topological polar surface area (TPSA) is 48.0 Å². The fraction of sp³-hybridized carbons (Fsp3) is 0.0588. The highest BCUT2D eigenvalue weighted by Crippen LogP contribution is 2.20. The molecule has 0 fully saturated rings. The first-order valence-electron chi connectivity index (χ1n) is 6.69. The quantitative estimate of drug-likeness (QED) is 0.500. The number of para-hydroxylation sites is 2. The van der Waals surface area contributed by atoms with Gasteiger partial charge in [0.15, 0.2) is 0 Å². The van der Waals surface area contributed by atoms with E-state index >= 15 is 0 Å². The molecule has 102 valence electrons. The molecule has 0 spiro atoms. The van der Waals surface area contributed by atoms with Crippen LogP contribution in [-0.4, -0.2) is 9.55 Å². The van der Waals surface area contributed by atoms with E-state index in [1.54, 1.807) is 10.9 Å². The Morgan fingerprint density at radius 3 is 2.86 bits per heavy atom. The van der Waals surface area contributed by atoms with Gasteiger partial charge in [-0.25, -0.2) is 9.78 Å². The third kappa shape index (κ3) is 1.84. The molecule has 21 heavy (non-hydrogen) atoms. The van der Waals surface area contributed by atoms with Crippen LogP contribution in [0.3, 0.4) is 0 Å². The van der Waals surface area contributed by atoms with Crippen LogP contribution in [0, 0.1) is 6.92 Å². The Kier molecular flexibility index (Phi) is 2.44. The number of hydrogen-bond donors (Lipinski definition) is 0. The first kappa shape index (κ1) is 11.9. The van der Waals surface area contributed by atoms with E-state index in [9.17, 15) is 4.79 Å². The minimum Gasteiger partial charge on any atom is -0.421 e. The number of benzene rings is 2. The maximum Gasteiger partial charge on any atom is 0.360 e. The van der Waals surface area contributed by atoms with Crippen molar-refractivity contribution < 1.29 is 4.42 Å². The molecule has 0 N–H and O–H groups in total. The normalized spacial score (nSPS) is 11.3. The molecule has 0 amide bonds.